The molecule has 4 rings (SSSR count). The van der Waals surface area contributed by atoms with Crippen molar-refractivity contribution in [1.29, 1.82) is 5.26 Å². The van der Waals surface area contributed by atoms with Crippen LogP contribution in [0.25, 0.3) is 11.3 Å². The summed E-state index contributed by atoms with van der Waals surface area (Å²) in [6.07, 6.45) is 1.23. The van der Waals surface area contributed by atoms with E-state index in [1.54, 1.807) is 6.26 Å². The van der Waals surface area contributed by atoms with Crippen LogP contribution in [0.15, 0.2) is 58.7 Å². The molecule has 3 aromatic rings. The topological polar surface area (TPSA) is 94.4 Å². The van der Waals surface area contributed by atoms with Gasteiger partial charge < -0.3 is 15.5 Å². The van der Waals surface area contributed by atoms with Gasteiger partial charge in [0.1, 0.15) is 23.2 Å². The van der Waals surface area contributed by atoms with E-state index >= 15 is 0 Å². The maximum atomic E-state index is 9.61. The molecule has 4 N–H and O–H groups in total. The Labute approximate surface area is 138 Å². The molecule has 0 spiro atoms. The third-order valence-electron chi connectivity index (χ3n) is 4.13. The van der Waals surface area contributed by atoms with E-state index < -0.39 is 0 Å². The third kappa shape index (κ3) is 2.03. The number of hydrogen-bond acceptors (Lipinski definition) is 4. The zero-order valence-electron chi connectivity index (χ0n) is 13.2. The van der Waals surface area contributed by atoms with Gasteiger partial charge in [0, 0.05) is 0 Å². The predicted octanol–water partition coefficient (Wildman–Crippen LogP) is 2.09. The molecule has 2 aromatic heterocycles. The minimum Gasteiger partial charge on any atom is -0.464 e. The highest BCUT2D eigenvalue weighted by atomic mass is 16.3. The van der Waals surface area contributed by atoms with Gasteiger partial charge >= 0.3 is 0 Å². The van der Waals surface area contributed by atoms with Crippen LogP contribution in [0, 0.1) is 18.3 Å². The van der Waals surface area contributed by atoms with Crippen molar-refractivity contribution in [2.24, 2.45) is 0 Å². The normalized spacial score (nSPS) is 16.5. The fraction of sp³-hybridized carbons (Fsp3) is 0.111. The first-order chi connectivity index (χ1) is 11.7. The quantitative estimate of drug-likeness (QED) is 0.756. The summed E-state index contributed by atoms with van der Waals surface area (Å²) in [6.45, 7) is 1.93. The summed E-state index contributed by atoms with van der Waals surface area (Å²) in [5.41, 5.74) is 8.04. The highest BCUT2D eigenvalue weighted by molar-refractivity contribution is 5.91. The summed E-state index contributed by atoms with van der Waals surface area (Å²) in [6, 6.07) is 15.8. The van der Waals surface area contributed by atoms with Crippen molar-refractivity contribution in [3.05, 3.63) is 71.3 Å². The number of para-hydroxylation sites is 1. The van der Waals surface area contributed by atoms with Crippen LogP contribution in [0.5, 0.6) is 0 Å². The molecule has 1 aliphatic rings. The zero-order chi connectivity index (χ0) is 16.7. The molecule has 6 heteroatoms. The minimum atomic E-state index is -0.374. The number of hydrogen-bond donors (Lipinski definition) is 2. The van der Waals surface area contributed by atoms with Crippen LogP contribution >= 0.6 is 0 Å². The number of fused-ring (bicyclic) bond motifs is 1. The van der Waals surface area contributed by atoms with E-state index in [1.807, 2.05) is 54.1 Å². The van der Waals surface area contributed by atoms with Crippen LogP contribution in [-0.4, -0.2) is 15.9 Å². The van der Waals surface area contributed by atoms with E-state index in [0.29, 0.717) is 11.3 Å². The van der Waals surface area contributed by atoms with E-state index in [2.05, 4.69) is 22.2 Å². The summed E-state index contributed by atoms with van der Waals surface area (Å²) in [4.78, 5) is 0. The number of aromatic nitrogens is 2. The second kappa shape index (κ2) is 5.41. The largest absolute Gasteiger partial charge is 0.464 e. The van der Waals surface area contributed by atoms with Crippen LogP contribution in [0.4, 0.5) is 5.82 Å². The molecule has 0 bridgehead atoms. The van der Waals surface area contributed by atoms with Crippen molar-refractivity contribution in [2.75, 3.05) is 5.32 Å². The van der Waals surface area contributed by atoms with Crippen LogP contribution in [0.2, 0.25) is 0 Å². The summed E-state index contributed by atoms with van der Waals surface area (Å²) in [5, 5.41) is 17.6. The maximum Gasteiger partial charge on any atom is 0.196 e. The van der Waals surface area contributed by atoms with Gasteiger partial charge in [-0.2, -0.15) is 10.4 Å². The SMILES string of the molecule is Cc1nn(-c2ccccc2)c2c1C(c1ccco1)=C(C#N)[C@H]([NH3+])N2. The van der Waals surface area contributed by atoms with Gasteiger partial charge in [-0.25, -0.2) is 4.68 Å². The number of nitriles is 1. The first-order valence-corrected chi connectivity index (χ1v) is 7.64. The molecule has 0 radical (unpaired) electrons. The first kappa shape index (κ1) is 14.3. The summed E-state index contributed by atoms with van der Waals surface area (Å²) in [5.74, 6) is 1.47. The summed E-state index contributed by atoms with van der Waals surface area (Å²) in [7, 11) is 0. The predicted molar refractivity (Wildman–Crippen MR) is 88.9 cm³/mol. The number of anilines is 1. The van der Waals surface area contributed by atoms with E-state index in [1.165, 1.54) is 0 Å². The van der Waals surface area contributed by atoms with Gasteiger partial charge in [0.25, 0.3) is 0 Å². The van der Waals surface area contributed by atoms with Gasteiger partial charge in [-0.05, 0) is 31.2 Å². The fourth-order valence-corrected chi connectivity index (χ4v) is 3.07. The molecule has 6 nitrogen and oxygen atoms in total. The van der Waals surface area contributed by atoms with Crippen molar-refractivity contribution in [1.82, 2.24) is 9.78 Å². The molecule has 0 aliphatic carbocycles. The van der Waals surface area contributed by atoms with E-state index in [0.717, 1.165) is 28.3 Å². The third-order valence-corrected chi connectivity index (χ3v) is 4.13. The van der Waals surface area contributed by atoms with Gasteiger partial charge in [-0.3, -0.25) is 0 Å². The van der Waals surface area contributed by atoms with Crippen molar-refractivity contribution in [3.8, 4) is 11.8 Å². The van der Waals surface area contributed by atoms with Gasteiger partial charge in [-0.15, -0.1) is 0 Å². The molecular weight excluding hydrogens is 302 g/mol. The van der Waals surface area contributed by atoms with Gasteiger partial charge in [0.05, 0.1) is 28.8 Å². The standard InChI is InChI=1S/C18H15N5O/c1-11-15-16(14-8-5-9-24-14)13(10-19)17(20)21-18(15)23(22-11)12-6-3-2-4-7-12/h2-9,17,21H,20H2,1H3/p+1/t17-/m1/s1. The Hall–Kier alpha value is -3.30. The lowest BCUT2D eigenvalue weighted by molar-refractivity contribution is -0.396. The molecule has 1 aromatic carbocycles. The zero-order valence-corrected chi connectivity index (χ0v) is 13.2. The molecule has 1 atom stereocenters. The molecule has 1 aliphatic heterocycles. The lowest BCUT2D eigenvalue weighted by Crippen LogP contribution is -2.66. The van der Waals surface area contributed by atoms with E-state index in [4.69, 9.17) is 4.42 Å². The van der Waals surface area contributed by atoms with Crippen molar-refractivity contribution < 1.29 is 10.2 Å². The maximum absolute atomic E-state index is 9.61. The van der Waals surface area contributed by atoms with Gasteiger partial charge in [-0.1, -0.05) is 18.2 Å². The van der Waals surface area contributed by atoms with Crippen molar-refractivity contribution in [3.63, 3.8) is 0 Å². The number of nitrogens with zero attached hydrogens (tertiary/aromatic N) is 3. The molecule has 0 saturated heterocycles. The number of rotatable bonds is 2. The summed E-state index contributed by atoms with van der Waals surface area (Å²) < 4.78 is 7.43. The molecule has 0 fully saturated rings. The van der Waals surface area contributed by atoms with Crippen molar-refractivity contribution >= 4 is 11.4 Å². The highest BCUT2D eigenvalue weighted by Crippen LogP contribution is 2.39. The number of aryl methyl sites for hydroxylation is 1. The molecule has 0 amide bonds. The molecule has 24 heavy (non-hydrogen) atoms. The second-order valence-electron chi connectivity index (χ2n) is 5.63. The van der Waals surface area contributed by atoms with Crippen LogP contribution < -0.4 is 11.1 Å². The first-order valence-electron chi connectivity index (χ1n) is 7.64. The molecular formula is C18H16N5O+. The lowest BCUT2D eigenvalue weighted by Gasteiger charge is -2.22. The van der Waals surface area contributed by atoms with Gasteiger partial charge in [0.15, 0.2) is 6.17 Å². The molecule has 0 saturated carbocycles. The lowest BCUT2D eigenvalue weighted by atomic mass is 9.93. The smallest absolute Gasteiger partial charge is 0.196 e. The van der Waals surface area contributed by atoms with Crippen molar-refractivity contribution in [2.45, 2.75) is 13.1 Å². The van der Waals surface area contributed by atoms with E-state index in [-0.39, 0.29) is 6.17 Å². The van der Waals surface area contributed by atoms with Crippen LogP contribution in [0.3, 0.4) is 0 Å². The number of quaternary nitrogens is 1. The Morgan fingerprint density at radius 3 is 2.71 bits per heavy atom. The number of nitrogens with one attached hydrogen (secondary N) is 1. The molecule has 0 unspecified atom stereocenters. The van der Waals surface area contributed by atoms with Crippen LogP contribution in [0.1, 0.15) is 17.0 Å². The Morgan fingerprint density at radius 1 is 1.25 bits per heavy atom. The highest BCUT2D eigenvalue weighted by Gasteiger charge is 2.34. The Kier molecular flexibility index (Phi) is 3.22. The Bertz CT molecular complexity index is 961. The summed E-state index contributed by atoms with van der Waals surface area (Å²) >= 11 is 0. The Morgan fingerprint density at radius 2 is 2.04 bits per heavy atom. The van der Waals surface area contributed by atoms with Gasteiger partial charge in [0.2, 0.25) is 0 Å². The minimum absolute atomic E-state index is 0.374. The average molecular weight is 318 g/mol. The fourth-order valence-electron chi connectivity index (χ4n) is 3.07. The molecule has 3 heterocycles. The monoisotopic (exact) mass is 318 g/mol. The molecule has 118 valence electrons. The van der Waals surface area contributed by atoms with E-state index in [9.17, 15) is 5.26 Å². The number of furan rings is 1. The Balaban J connectivity index is 2.01. The van der Waals surface area contributed by atoms with Crippen LogP contribution in [-0.2, 0) is 0 Å². The second-order valence-corrected chi connectivity index (χ2v) is 5.63. The number of benzene rings is 1. The average Bonchev–Trinajstić information content (AvgIpc) is 3.23.